The lowest BCUT2D eigenvalue weighted by atomic mass is 10.1. The van der Waals surface area contributed by atoms with Crippen LogP contribution >= 0.6 is 0 Å². The van der Waals surface area contributed by atoms with E-state index in [1.807, 2.05) is 6.07 Å². The normalized spacial score (nSPS) is 11.6. The number of hydrogen-bond acceptors (Lipinski definition) is 3. The molecule has 0 fully saturated rings. The maximum atomic E-state index is 13.6. The Balaban J connectivity index is 2.86. The van der Waals surface area contributed by atoms with E-state index < -0.39 is 17.7 Å². The minimum absolute atomic E-state index is 0.207. The fourth-order valence-corrected chi connectivity index (χ4v) is 1.47. The summed E-state index contributed by atoms with van der Waals surface area (Å²) in [6, 6.07) is 5.95. The summed E-state index contributed by atoms with van der Waals surface area (Å²) in [6.45, 7) is 1.76. The number of carbonyl (C=O) groups is 1. The third-order valence-electron chi connectivity index (χ3n) is 2.46. The van der Waals surface area contributed by atoms with Gasteiger partial charge in [-0.2, -0.15) is 5.26 Å². The minimum Gasteiger partial charge on any atom is -0.481 e. The van der Waals surface area contributed by atoms with Gasteiger partial charge in [-0.25, -0.2) is 4.39 Å². The average molecular weight is 236 g/mol. The molecule has 90 valence electrons. The quantitative estimate of drug-likeness (QED) is 0.866. The molecule has 5 heteroatoms. The van der Waals surface area contributed by atoms with E-state index in [4.69, 9.17) is 10.4 Å². The van der Waals surface area contributed by atoms with Gasteiger partial charge in [-0.15, -0.1) is 0 Å². The Labute approximate surface area is 98.9 Å². The molecular formula is C12H13FN2O2. The first kappa shape index (κ1) is 13.0. The summed E-state index contributed by atoms with van der Waals surface area (Å²) in [5, 5.41) is 17.4. The van der Waals surface area contributed by atoms with E-state index in [1.54, 1.807) is 14.0 Å². The van der Waals surface area contributed by atoms with Crippen molar-refractivity contribution in [2.45, 2.75) is 6.92 Å². The van der Waals surface area contributed by atoms with Crippen LogP contribution in [0.1, 0.15) is 12.5 Å². The largest absolute Gasteiger partial charge is 0.481 e. The molecule has 0 aliphatic rings. The summed E-state index contributed by atoms with van der Waals surface area (Å²) < 4.78 is 13.6. The standard InChI is InChI=1S/C12H13FN2O2/c1-8(12(16)17)7-15(2)11-4-3-9(6-14)5-10(11)13/h3-5,8H,7H2,1-2H3,(H,16,17). The van der Waals surface area contributed by atoms with Crippen LogP contribution in [-0.2, 0) is 4.79 Å². The lowest BCUT2D eigenvalue weighted by molar-refractivity contribution is -0.140. The second-order valence-corrected chi connectivity index (χ2v) is 3.90. The number of hydrogen-bond donors (Lipinski definition) is 1. The van der Waals surface area contributed by atoms with E-state index in [1.165, 1.54) is 17.0 Å². The fourth-order valence-electron chi connectivity index (χ4n) is 1.47. The maximum absolute atomic E-state index is 13.6. The van der Waals surface area contributed by atoms with E-state index in [0.717, 1.165) is 6.07 Å². The van der Waals surface area contributed by atoms with Gasteiger partial charge >= 0.3 is 5.97 Å². The summed E-state index contributed by atoms with van der Waals surface area (Å²) in [5.41, 5.74) is 0.531. The molecule has 0 saturated carbocycles. The third-order valence-corrected chi connectivity index (χ3v) is 2.46. The second-order valence-electron chi connectivity index (χ2n) is 3.90. The Hall–Kier alpha value is -2.09. The number of aliphatic carboxylic acids is 1. The monoisotopic (exact) mass is 236 g/mol. The Morgan fingerprint density at radius 2 is 2.29 bits per heavy atom. The van der Waals surface area contributed by atoms with Crippen LogP contribution in [0.15, 0.2) is 18.2 Å². The summed E-state index contributed by atoms with van der Waals surface area (Å²) in [4.78, 5) is 12.2. The zero-order valence-corrected chi connectivity index (χ0v) is 9.64. The van der Waals surface area contributed by atoms with Gasteiger partial charge in [0.1, 0.15) is 5.82 Å². The van der Waals surface area contributed by atoms with Gasteiger partial charge in [0.05, 0.1) is 23.2 Å². The molecule has 0 heterocycles. The molecule has 0 saturated heterocycles. The van der Waals surface area contributed by atoms with Gasteiger partial charge in [0.15, 0.2) is 0 Å². The number of nitrogens with zero attached hydrogens (tertiary/aromatic N) is 2. The predicted molar refractivity (Wildman–Crippen MR) is 61.2 cm³/mol. The van der Waals surface area contributed by atoms with Crippen LogP contribution in [-0.4, -0.2) is 24.7 Å². The molecule has 4 nitrogen and oxygen atoms in total. The topological polar surface area (TPSA) is 64.3 Å². The highest BCUT2D eigenvalue weighted by Gasteiger charge is 2.16. The van der Waals surface area contributed by atoms with Gasteiger partial charge in [0, 0.05) is 13.6 Å². The lowest BCUT2D eigenvalue weighted by Gasteiger charge is -2.22. The van der Waals surface area contributed by atoms with Crippen LogP contribution in [0.3, 0.4) is 0 Å². The molecule has 0 spiro atoms. The minimum atomic E-state index is -0.925. The number of nitriles is 1. The van der Waals surface area contributed by atoms with Crippen LogP contribution in [0.25, 0.3) is 0 Å². The molecule has 0 amide bonds. The van der Waals surface area contributed by atoms with E-state index in [2.05, 4.69) is 0 Å². The van der Waals surface area contributed by atoms with Crippen molar-refractivity contribution in [2.75, 3.05) is 18.5 Å². The van der Waals surface area contributed by atoms with Gasteiger partial charge < -0.3 is 10.0 Å². The SMILES string of the molecule is CC(CN(C)c1ccc(C#N)cc1F)C(=O)O. The number of carboxylic acids is 1. The Morgan fingerprint density at radius 3 is 2.76 bits per heavy atom. The molecule has 0 aliphatic heterocycles. The molecule has 0 aromatic heterocycles. The van der Waals surface area contributed by atoms with Crippen molar-refractivity contribution in [1.29, 1.82) is 5.26 Å². The van der Waals surface area contributed by atoms with Crippen LogP contribution in [0.4, 0.5) is 10.1 Å². The van der Waals surface area contributed by atoms with Crippen LogP contribution in [0.5, 0.6) is 0 Å². The summed E-state index contributed by atoms with van der Waals surface area (Å²) in [6.07, 6.45) is 0. The first-order valence-corrected chi connectivity index (χ1v) is 5.09. The average Bonchev–Trinajstić information content (AvgIpc) is 2.28. The number of benzene rings is 1. The molecule has 1 rings (SSSR count). The van der Waals surface area contributed by atoms with Crippen molar-refractivity contribution < 1.29 is 14.3 Å². The van der Waals surface area contributed by atoms with Crippen molar-refractivity contribution in [2.24, 2.45) is 5.92 Å². The maximum Gasteiger partial charge on any atom is 0.308 e. The predicted octanol–water partition coefficient (Wildman–Crippen LogP) is 1.85. The van der Waals surface area contributed by atoms with Crippen molar-refractivity contribution in [3.05, 3.63) is 29.6 Å². The number of rotatable bonds is 4. The fraction of sp³-hybridized carbons (Fsp3) is 0.333. The summed E-state index contributed by atoms with van der Waals surface area (Å²) in [5.74, 6) is -2.04. The highest BCUT2D eigenvalue weighted by molar-refractivity contribution is 5.70. The molecule has 1 aromatic rings. The van der Waals surface area contributed by atoms with Crippen molar-refractivity contribution in [3.63, 3.8) is 0 Å². The molecule has 1 unspecified atom stereocenters. The summed E-state index contributed by atoms with van der Waals surface area (Å²) >= 11 is 0. The Kier molecular flexibility index (Phi) is 4.05. The number of halogens is 1. The van der Waals surface area contributed by atoms with Crippen molar-refractivity contribution in [1.82, 2.24) is 0 Å². The lowest BCUT2D eigenvalue weighted by Crippen LogP contribution is -2.29. The zero-order valence-electron chi connectivity index (χ0n) is 9.64. The molecular weight excluding hydrogens is 223 g/mol. The van der Waals surface area contributed by atoms with Gasteiger partial charge in [0.2, 0.25) is 0 Å². The van der Waals surface area contributed by atoms with Crippen molar-refractivity contribution >= 4 is 11.7 Å². The molecule has 0 aliphatic carbocycles. The van der Waals surface area contributed by atoms with Gasteiger partial charge in [0.25, 0.3) is 0 Å². The van der Waals surface area contributed by atoms with Gasteiger partial charge in [-0.1, -0.05) is 6.92 Å². The molecule has 1 N–H and O–H groups in total. The van der Waals surface area contributed by atoms with E-state index >= 15 is 0 Å². The first-order chi connectivity index (χ1) is 7.95. The van der Waals surface area contributed by atoms with E-state index in [-0.39, 0.29) is 17.8 Å². The molecule has 1 aromatic carbocycles. The molecule has 0 radical (unpaired) electrons. The van der Waals surface area contributed by atoms with Crippen molar-refractivity contribution in [3.8, 4) is 6.07 Å². The Morgan fingerprint density at radius 1 is 1.65 bits per heavy atom. The zero-order chi connectivity index (χ0) is 13.0. The van der Waals surface area contributed by atoms with Crippen LogP contribution in [0.2, 0.25) is 0 Å². The summed E-state index contributed by atoms with van der Waals surface area (Å²) in [7, 11) is 1.61. The molecule has 0 bridgehead atoms. The van der Waals surface area contributed by atoms with E-state index in [0.29, 0.717) is 0 Å². The van der Waals surface area contributed by atoms with Gasteiger partial charge in [-0.05, 0) is 18.2 Å². The van der Waals surface area contributed by atoms with Crippen LogP contribution < -0.4 is 4.90 Å². The second kappa shape index (κ2) is 5.30. The molecule has 1 atom stereocenters. The molecule has 17 heavy (non-hydrogen) atoms. The number of anilines is 1. The number of carboxylic acid groups (broad SMARTS) is 1. The smallest absolute Gasteiger partial charge is 0.308 e. The highest BCUT2D eigenvalue weighted by atomic mass is 19.1. The Bertz CT molecular complexity index is 468. The first-order valence-electron chi connectivity index (χ1n) is 5.09. The van der Waals surface area contributed by atoms with Gasteiger partial charge in [-0.3, -0.25) is 4.79 Å². The highest BCUT2D eigenvalue weighted by Crippen LogP contribution is 2.20. The third kappa shape index (κ3) is 3.18. The van der Waals surface area contributed by atoms with Crippen LogP contribution in [0, 0.1) is 23.1 Å². The van der Waals surface area contributed by atoms with E-state index in [9.17, 15) is 9.18 Å².